The highest BCUT2D eigenvalue weighted by Crippen LogP contribution is 2.42. The Hall–Kier alpha value is -0.860. The van der Waals surface area contributed by atoms with Gasteiger partial charge in [0.25, 0.3) is 0 Å². The Labute approximate surface area is 130 Å². The molecule has 2 atom stereocenters. The Bertz CT molecular complexity index is 437. The highest BCUT2D eigenvalue weighted by atomic mass is 16.3. The quantitative estimate of drug-likeness (QED) is 0.778. The summed E-state index contributed by atoms with van der Waals surface area (Å²) in [6.07, 6.45) is 6.66. The second kappa shape index (κ2) is 7.42. The van der Waals surface area contributed by atoms with Gasteiger partial charge in [0, 0.05) is 6.04 Å². The van der Waals surface area contributed by atoms with Gasteiger partial charge in [0.1, 0.15) is 5.60 Å². The van der Waals surface area contributed by atoms with Crippen LogP contribution in [0.4, 0.5) is 0 Å². The first-order valence-electron chi connectivity index (χ1n) is 8.72. The van der Waals surface area contributed by atoms with E-state index in [1.807, 2.05) is 0 Å². The highest BCUT2D eigenvalue weighted by molar-refractivity contribution is 5.40. The van der Waals surface area contributed by atoms with Crippen molar-refractivity contribution in [3.63, 3.8) is 0 Å². The molecule has 1 aromatic rings. The standard InChI is InChI=1S/C19H31NO/c1-4-7-13-20(14-8-5-2)18-15-16-11-9-10-12-17(16)19(18,21)6-3/h9-12,18,21H,4-8,13-15H2,1-3H3/t18-,19-/m0/s1. The summed E-state index contributed by atoms with van der Waals surface area (Å²) in [5.41, 5.74) is 1.83. The summed E-state index contributed by atoms with van der Waals surface area (Å²) in [6, 6.07) is 8.71. The number of rotatable bonds is 8. The minimum absolute atomic E-state index is 0.248. The lowest BCUT2D eigenvalue weighted by atomic mass is 9.88. The van der Waals surface area contributed by atoms with Crippen LogP contribution in [-0.4, -0.2) is 29.1 Å². The van der Waals surface area contributed by atoms with Gasteiger partial charge >= 0.3 is 0 Å². The molecule has 0 heterocycles. The largest absolute Gasteiger partial charge is 0.384 e. The summed E-state index contributed by atoms with van der Waals surface area (Å²) >= 11 is 0. The van der Waals surface area contributed by atoms with Gasteiger partial charge in [-0.3, -0.25) is 4.90 Å². The molecule has 0 radical (unpaired) electrons. The Morgan fingerprint density at radius 2 is 1.71 bits per heavy atom. The lowest BCUT2D eigenvalue weighted by molar-refractivity contribution is -0.0455. The number of nitrogens with zero attached hydrogens (tertiary/aromatic N) is 1. The van der Waals surface area contributed by atoms with E-state index in [1.54, 1.807) is 0 Å². The maximum absolute atomic E-state index is 11.3. The average Bonchev–Trinajstić information content (AvgIpc) is 2.82. The Kier molecular flexibility index (Phi) is 5.83. The molecule has 1 aliphatic rings. The summed E-state index contributed by atoms with van der Waals surface area (Å²) < 4.78 is 0. The molecule has 0 saturated carbocycles. The summed E-state index contributed by atoms with van der Waals surface area (Å²) in [5.74, 6) is 0. The summed E-state index contributed by atoms with van der Waals surface area (Å²) in [4.78, 5) is 2.55. The maximum atomic E-state index is 11.3. The second-order valence-corrected chi connectivity index (χ2v) is 6.40. The molecule has 2 nitrogen and oxygen atoms in total. The van der Waals surface area contributed by atoms with Crippen LogP contribution in [0.1, 0.15) is 64.0 Å². The highest BCUT2D eigenvalue weighted by Gasteiger charge is 2.46. The van der Waals surface area contributed by atoms with Gasteiger partial charge in [-0.25, -0.2) is 0 Å². The van der Waals surface area contributed by atoms with Crippen LogP contribution in [0.5, 0.6) is 0 Å². The fourth-order valence-electron chi connectivity index (χ4n) is 3.68. The van der Waals surface area contributed by atoms with Crippen molar-refractivity contribution < 1.29 is 5.11 Å². The SMILES string of the molecule is CCCCN(CCCC)[C@H]1Cc2ccccc2[C@@]1(O)CC. The van der Waals surface area contributed by atoms with E-state index in [-0.39, 0.29) is 6.04 Å². The number of unbranched alkanes of at least 4 members (excludes halogenated alkanes) is 2. The second-order valence-electron chi connectivity index (χ2n) is 6.40. The number of aliphatic hydroxyl groups is 1. The molecular formula is C19H31NO. The van der Waals surface area contributed by atoms with Crippen molar-refractivity contribution in [2.45, 2.75) is 70.9 Å². The summed E-state index contributed by atoms with van der Waals surface area (Å²) in [6.45, 7) is 8.82. The molecule has 0 aromatic heterocycles. The van der Waals surface area contributed by atoms with Gasteiger partial charge in [-0.2, -0.15) is 0 Å². The van der Waals surface area contributed by atoms with E-state index < -0.39 is 5.60 Å². The van der Waals surface area contributed by atoms with Crippen LogP contribution < -0.4 is 0 Å². The fourth-order valence-corrected chi connectivity index (χ4v) is 3.68. The number of benzene rings is 1. The third kappa shape index (κ3) is 3.32. The van der Waals surface area contributed by atoms with Crippen molar-refractivity contribution in [3.05, 3.63) is 35.4 Å². The van der Waals surface area contributed by atoms with Crippen LogP contribution >= 0.6 is 0 Å². The van der Waals surface area contributed by atoms with Crippen LogP contribution in [0.3, 0.4) is 0 Å². The molecule has 0 bridgehead atoms. The van der Waals surface area contributed by atoms with Crippen molar-refractivity contribution in [1.82, 2.24) is 4.90 Å². The minimum Gasteiger partial charge on any atom is -0.384 e. The van der Waals surface area contributed by atoms with Gasteiger partial charge in [-0.15, -0.1) is 0 Å². The molecule has 0 saturated heterocycles. The predicted molar refractivity (Wildman–Crippen MR) is 89.5 cm³/mol. The zero-order chi connectivity index (χ0) is 15.3. The molecule has 0 aliphatic heterocycles. The van der Waals surface area contributed by atoms with Crippen molar-refractivity contribution >= 4 is 0 Å². The van der Waals surface area contributed by atoms with Gasteiger partial charge < -0.3 is 5.11 Å². The first-order valence-corrected chi connectivity index (χ1v) is 8.72. The van der Waals surface area contributed by atoms with Gasteiger partial charge in [0.2, 0.25) is 0 Å². The predicted octanol–water partition coefficient (Wildman–Crippen LogP) is 4.11. The van der Waals surface area contributed by atoms with Gasteiger partial charge in [-0.05, 0) is 49.9 Å². The third-order valence-corrected chi connectivity index (χ3v) is 5.03. The molecule has 2 heteroatoms. The average molecular weight is 289 g/mol. The smallest absolute Gasteiger partial charge is 0.105 e. The Balaban J connectivity index is 2.24. The molecule has 0 fully saturated rings. The third-order valence-electron chi connectivity index (χ3n) is 5.03. The topological polar surface area (TPSA) is 23.5 Å². The number of hydrogen-bond donors (Lipinski definition) is 1. The van der Waals surface area contributed by atoms with Gasteiger partial charge in [0.05, 0.1) is 0 Å². The molecule has 1 aromatic carbocycles. The van der Waals surface area contributed by atoms with E-state index in [0.29, 0.717) is 0 Å². The van der Waals surface area contributed by atoms with Crippen LogP contribution in [-0.2, 0) is 12.0 Å². The Morgan fingerprint density at radius 3 is 2.29 bits per heavy atom. The number of fused-ring (bicyclic) bond motifs is 1. The van der Waals surface area contributed by atoms with E-state index in [0.717, 1.165) is 31.5 Å². The molecule has 0 spiro atoms. The molecule has 0 amide bonds. The fraction of sp³-hybridized carbons (Fsp3) is 0.684. The molecule has 1 aliphatic carbocycles. The van der Waals surface area contributed by atoms with Crippen LogP contribution in [0, 0.1) is 0 Å². The molecular weight excluding hydrogens is 258 g/mol. The van der Waals surface area contributed by atoms with Crippen LogP contribution in [0.25, 0.3) is 0 Å². The molecule has 2 rings (SSSR count). The van der Waals surface area contributed by atoms with Crippen molar-refractivity contribution in [3.8, 4) is 0 Å². The van der Waals surface area contributed by atoms with E-state index in [9.17, 15) is 5.11 Å². The van der Waals surface area contributed by atoms with Crippen LogP contribution in [0.15, 0.2) is 24.3 Å². The lowest BCUT2D eigenvalue weighted by Gasteiger charge is -2.39. The van der Waals surface area contributed by atoms with E-state index in [1.165, 1.54) is 31.2 Å². The minimum atomic E-state index is -0.669. The zero-order valence-electron chi connectivity index (χ0n) is 13.9. The van der Waals surface area contributed by atoms with Gasteiger partial charge in [0.15, 0.2) is 0 Å². The molecule has 21 heavy (non-hydrogen) atoms. The van der Waals surface area contributed by atoms with Crippen molar-refractivity contribution in [2.24, 2.45) is 0 Å². The van der Waals surface area contributed by atoms with E-state index in [4.69, 9.17) is 0 Å². The van der Waals surface area contributed by atoms with Crippen LogP contribution in [0.2, 0.25) is 0 Å². The van der Waals surface area contributed by atoms with E-state index >= 15 is 0 Å². The maximum Gasteiger partial charge on any atom is 0.105 e. The van der Waals surface area contributed by atoms with Crippen molar-refractivity contribution in [2.75, 3.05) is 13.1 Å². The molecule has 0 unspecified atom stereocenters. The first-order chi connectivity index (χ1) is 10.2. The van der Waals surface area contributed by atoms with E-state index in [2.05, 4.69) is 49.9 Å². The number of hydrogen-bond acceptors (Lipinski definition) is 2. The van der Waals surface area contributed by atoms with Crippen molar-refractivity contribution in [1.29, 1.82) is 0 Å². The molecule has 1 N–H and O–H groups in total. The monoisotopic (exact) mass is 289 g/mol. The Morgan fingerprint density at radius 1 is 1.10 bits per heavy atom. The summed E-state index contributed by atoms with van der Waals surface area (Å²) in [7, 11) is 0. The lowest BCUT2D eigenvalue weighted by Crippen LogP contribution is -2.49. The zero-order valence-corrected chi connectivity index (χ0v) is 13.9. The summed E-state index contributed by atoms with van der Waals surface area (Å²) in [5, 5.41) is 11.3. The molecule has 118 valence electrons. The van der Waals surface area contributed by atoms with Gasteiger partial charge in [-0.1, -0.05) is 57.9 Å². The normalized spacial score (nSPS) is 24.5. The first kappa shape index (κ1) is 16.5.